The van der Waals surface area contributed by atoms with Crippen molar-refractivity contribution in [2.45, 2.75) is 39.0 Å². The van der Waals surface area contributed by atoms with E-state index in [-0.39, 0.29) is 11.8 Å². The van der Waals surface area contributed by atoms with E-state index in [0.717, 1.165) is 36.1 Å². The molecule has 0 unspecified atom stereocenters. The molecule has 5 rings (SSSR count). The molecule has 0 atom stereocenters. The van der Waals surface area contributed by atoms with Gasteiger partial charge in [0.25, 0.3) is 11.8 Å². The molecule has 0 aliphatic carbocycles. The van der Waals surface area contributed by atoms with Crippen molar-refractivity contribution in [1.29, 1.82) is 0 Å². The summed E-state index contributed by atoms with van der Waals surface area (Å²) in [6, 6.07) is 17.5. The standard InChI is InChI=1S/C33H37N5O3/c1-22(2)17-29-11-9-27(19-34-29)32(39)36-30-18-26(10-12-31(30)41-4)33(40)38-15-13-25(14-16-38)23-5-7-24(8-6-23)28-20-35-37(3)21-28/h5-12,18-22,25H,13-17H2,1-4H3,(H,36,39). The van der Waals surface area contributed by atoms with Gasteiger partial charge in [-0.15, -0.1) is 0 Å². The third kappa shape index (κ3) is 6.65. The van der Waals surface area contributed by atoms with Crippen LogP contribution in [0, 0.1) is 5.92 Å². The second-order valence-electron chi connectivity index (χ2n) is 11.1. The summed E-state index contributed by atoms with van der Waals surface area (Å²) in [5.74, 6) is 1.04. The Bertz CT molecular complexity index is 1500. The number of piperidine rings is 1. The zero-order valence-corrected chi connectivity index (χ0v) is 24.1. The number of nitrogens with one attached hydrogen (secondary N) is 1. The number of rotatable bonds is 8. The van der Waals surface area contributed by atoms with Crippen molar-refractivity contribution in [2.75, 3.05) is 25.5 Å². The summed E-state index contributed by atoms with van der Waals surface area (Å²) in [6.07, 6.45) is 8.13. The average Bonchev–Trinajstić information content (AvgIpc) is 3.43. The number of aryl methyl sites for hydroxylation is 1. The van der Waals surface area contributed by atoms with E-state index in [1.807, 2.05) is 30.4 Å². The number of carbonyl (C=O) groups excluding carboxylic acids is 2. The minimum absolute atomic E-state index is 0.0479. The lowest BCUT2D eigenvalue weighted by Crippen LogP contribution is -2.38. The molecule has 1 N–H and O–H groups in total. The van der Waals surface area contributed by atoms with E-state index in [1.54, 1.807) is 42.3 Å². The predicted octanol–water partition coefficient (Wildman–Crippen LogP) is 5.96. The number of nitrogens with zero attached hydrogens (tertiary/aromatic N) is 4. The maximum absolute atomic E-state index is 13.4. The first-order chi connectivity index (χ1) is 19.8. The summed E-state index contributed by atoms with van der Waals surface area (Å²) in [4.78, 5) is 32.7. The fraction of sp³-hybridized carbons (Fsp3) is 0.333. The van der Waals surface area contributed by atoms with Crippen LogP contribution >= 0.6 is 0 Å². The highest BCUT2D eigenvalue weighted by Crippen LogP contribution is 2.32. The average molecular weight is 552 g/mol. The molecule has 1 aliphatic rings. The number of benzene rings is 2. The first-order valence-electron chi connectivity index (χ1n) is 14.1. The van der Waals surface area contributed by atoms with Crippen LogP contribution in [0.2, 0.25) is 0 Å². The number of methoxy groups -OCH3 is 1. The first kappa shape index (κ1) is 28.1. The highest BCUT2D eigenvalue weighted by molar-refractivity contribution is 6.06. The van der Waals surface area contributed by atoms with Gasteiger partial charge in [0, 0.05) is 49.4 Å². The van der Waals surface area contributed by atoms with Crippen molar-refractivity contribution in [1.82, 2.24) is 19.7 Å². The third-order valence-corrected chi connectivity index (χ3v) is 7.60. The number of likely N-dealkylation sites (tertiary alicyclic amines) is 1. The molecule has 212 valence electrons. The SMILES string of the molecule is COc1ccc(C(=O)N2CCC(c3ccc(-c4cnn(C)c4)cc3)CC2)cc1NC(=O)c1ccc(CC(C)C)nc1. The van der Waals surface area contributed by atoms with E-state index in [4.69, 9.17) is 4.74 Å². The van der Waals surface area contributed by atoms with Crippen LogP contribution in [-0.4, -0.2) is 51.7 Å². The summed E-state index contributed by atoms with van der Waals surface area (Å²) in [6.45, 7) is 5.62. The van der Waals surface area contributed by atoms with Crippen molar-refractivity contribution in [3.8, 4) is 16.9 Å². The molecule has 0 spiro atoms. The fourth-order valence-electron chi connectivity index (χ4n) is 5.35. The maximum Gasteiger partial charge on any atom is 0.257 e. The second-order valence-corrected chi connectivity index (χ2v) is 11.1. The first-order valence-corrected chi connectivity index (χ1v) is 14.1. The summed E-state index contributed by atoms with van der Waals surface area (Å²) in [7, 11) is 3.46. The molecule has 2 aromatic carbocycles. The third-order valence-electron chi connectivity index (χ3n) is 7.60. The molecule has 3 heterocycles. The van der Waals surface area contributed by atoms with Gasteiger partial charge in [-0.3, -0.25) is 19.3 Å². The molecule has 8 nitrogen and oxygen atoms in total. The Morgan fingerprint density at radius 3 is 2.32 bits per heavy atom. The van der Waals surface area contributed by atoms with Gasteiger partial charge in [-0.05, 0) is 72.6 Å². The molecule has 2 amide bonds. The van der Waals surface area contributed by atoms with E-state index >= 15 is 0 Å². The Labute approximate surface area is 241 Å². The van der Waals surface area contributed by atoms with Gasteiger partial charge in [-0.2, -0.15) is 5.10 Å². The van der Waals surface area contributed by atoms with Crippen molar-refractivity contribution < 1.29 is 14.3 Å². The van der Waals surface area contributed by atoms with Gasteiger partial charge in [0.05, 0.1) is 24.6 Å². The summed E-state index contributed by atoms with van der Waals surface area (Å²) < 4.78 is 7.27. The summed E-state index contributed by atoms with van der Waals surface area (Å²) in [5.41, 5.74) is 5.93. The molecule has 1 fully saturated rings. The summed E-state index contributed by atoms with van der Waals surface area (Å²) in [5, 5.41) is 7.16. The Balaban J connectivity index is 1.22. The zero-order valence-electron chi connectivity index (χ0n) is 24.1. The highest BCUT2D eigenvalue weighted by atomic mass is 16.5. The van der Waals surface area contributed by atoms with Crippen molar-refractivity contribution in [2.24, 2.45) is 13.0 Å². The van der Waals surface area contributed by atoms with Crippen molar-refractivity contribution in [3.05, 3.63) is 95.6 Å². The lowest BCUT2D eigenvalue weighted by Gasteiger charge is -2.32. The molecule has 8 heteroatoms. The Morgan fingerprint density at radius 2 is 1.71 bits per heavy atom. The van der Waals surface area contributed by atoms with Gasteiger partial charge in [0.2, 0.25) is 0 Å². The quantitative estimate of drug-likeness (QED) is 0.292. The minimum atomic E-state index is -0.299. The molecular formula is C33H37N5O3. The second kappa shape index (κ2) is 12.4. The molecule has 0 saturated carbocycles. The highest BCUT2D eigenvalue weighted by Gasteiger charge is 2.25. The number of pyridine rings is 1. The van der Waals surface area contributed by atoms with Gasteiger partial charge in [-0.1, -0.05) is 38.1 Å². The van der Waals surface area contributed by atoms with Gasteiger partial charge in [0.15, 0.2) is 0 Å². The number of ether oxygens (including phenoxy) is 1. The van der Waals surface area contributed by atoms with E-state index < -0.39 is 0 Å². The van der Waals surface area contributed by atoms with Crippen LogP contribution < -0.4 is 10.1 Å². The van der Waals surface area contributed by atoms with Gasteiger partial charge in [-0.25, -0.2) is 0 Å². The molecule has 4 aromatic rings. The van der Waals surface area contributed by atoms with Crippen LogP contribution in [0.1, 0.15) is 64.6 Å². The van der Waals surface area contributed by atoms with Crippen LogP contribution in [0.4, 0.5) is 5.69 Å². The number of hydrogen-bond acceptors (Lipinski definition) is 5. The molecule has 0 radical (unpaired) electrons. The van der Waals surface area contributed by atoms with Crippen LogP contribution in [0.25, 0.3) is 11.1 Å². The lowest BCUT2D eigenvalue weighted by molar-refractivity contribution is 0.0712. The van der Waals surface area contributed by atoms with Crippen molar-refractivity contribution in [3.63, 3.8) is 0 Å². The smallest absolute Gasteiger partial charge is 0.257 e. The number of anilines is 1. The molecule has 2 aromatic heterocycles. The number of amides is 2. The Morgan fingerprint density at radius 1 is 0.976 bits per heavy atom. The lowest BCUT2D eigenvalue weighted by atomic mass is 9.88. The van der Waals surface area contributed by atoms with Gasteiger partial charge in [0.1, 0.15) is 5.75 Å². The fourth-order valence-corrected chi connectivity index (χ4v) is 5.35. The van der Waals surface area contributed by atoms with Gasteiger partial charge >= 0.3 is 0 Å². The van der Waals surface area contributed by atoms with Crippen LogP contribution in [-0.2, 0) is 13.5 Å². The Kier molecular flexibility index (Phi) is 8.47. The van der Waals surface area contributed by atoms with Crippen LogP contribution in [0.3, 0.4) is 0 Å². The number of aromatic nitrogens is 3. The summed E-state index contributed by atoms with van der Waals surface area (Å²) >= 11 is 0. The van der Waals surface area contributed by atoms with E-state index in [1.165, 1.54) is 5.56 Å². The van der Waals surface area contributed by atoms with E-state index in [0.29, 0.717) is 47.5 Å². The van der Waals surface area contributed by atoms with E-state index in [9.17, 15) is 9.59 Å². The van der Waals surface area contributed by atoms with E-state index in [2.05, 4.69) is 53.5 Å². The normalized spacial score (nSPS) is 13.8. The molecule has 41 heavy (non-hydrogen) atoms. The minimum Gasteiger partial charge on any atom is -0.495 e. The molecule has 1 aliphatic heterocycles. The molecule has 0 bridgehead atoms. The topological polar surface area (TPSA) is 89.4 Å². The maximum atomic E-state index is 13.4. The molecule has 1 saturated heterocycles. The predicted molar refractivity (Wildman–Crippen MR) is 160 cm³/mol. The van der Waals surface area contributed by atoms with Gasteiger partial charge < -0.3 is 15.0 Å². The largest absolute Gasteiger partial charge is 0.495 e. The number of hydrogen-bond donors (Lipinski definition) is 1. The monoisotopic (exact) mass is 551 g/mol. The van der Waals surface area contributed by atoms with Crippen molar-refractivity contribution >= 4 is 17.5 Å². The number of carbonyl (C=O) groups is 2. The molecular weight excluding hydrogens is 514 g/mol. The van der Waals surface area contributed by atoms with Crippen LogP contribution in [0.5, 0.6) is 5.75 Å². The zero-order chi connectivity index (χ0) is 28.9. The van der Waals surface area contributed by atoms with Crippen LogP contribution in [0.15, 0.2) is 73.2 Å². The Hall–Kier alpha value is -4.46.